The first-order chi connectivity index (χ1) is 11.0. The number of nitrogens with one attached hydrogen (secondary N) is 1. The molecule has 3 aromatic rings. The second-order valence-electron chi connectivity index (χ2n) is 5.11. The number of anilines is 1. The molecule has 0 bridgehead atoms. The van der Waals surface area contributed by atoms with Crippen LogP contribution in [0.2, 0.25) is 15.1 Å². The molecule has 6 heteroatoms. The topological polar surface area (TPSA) is 34.0 Å². The number of hydrogen-bond acceptors (Lipinski definition) is 1. The molecule has 0 saturated heterocycles. The Labute approximate surface area is 148 Å². The third kappa shape index (κ3) is 3.63. The van der Waals surface area contributed by atoms with Crippen LogP contribution in [0, 0.1) is 0 Å². The van der Waals surface area contributed by atoms with E-state index in [0.717, 1.165) is 10.9 Å². The predicted molar refractivity (Wildman–Crippen MR) is 96.7 cm³/mol. The highest BCUT2D eigenvalue weighted by Gasteiger charge is 2.11. The van der Waals surface area contributed by atoms with Crippen molar-refractivity contribution in [3.63, 3.8) is 0 Å². The van der Waals surface area contributed by atoms with Gasteiger partial charge in [0.1, 0.15) is 0 Å². The van der Waals surface area contributed by atoms with Gasteiger partial charge in [0.2, 0.25) is 5.91 Å². The summed E-state index contributed by atoms with van der Waals surface area (Å²) in [5.74, 6) is -0.158. The number of hydrogen-bond donors (Lipinski definition) is 1. The van der Waals surface area contributed by atoms with Crippen molar-refractivity contribution >= 4 is 57.3 Å². The van der Waals surface area contributed by atoms with Gasteiger partial charge in [0.15, 0.2) is 0 Å². The lowest BCUT2D eigenvalue weighted by Gasteiger charge is -2.10. The van der Waals surface area contributed by atoms with Crippen LogP contribution in [0.1, 0.15) is 6.42 Å². The quantitative estimate of drug-likeness (QED) is 0.637. The van der Waals surface area contributed by atoms with Gasteiger partial charge in [0.25, 0.3) is 0 Å². The molecule has 118 valence electrons. The first kappa shape index (κ1) is 16.2. The molecule has 0 radical (unpaired) electrons. The number of aromatic nitrogens is 1. The molecule has 0 unspecified atom stereocenters. The molecule has 0 aliphatic heterocycles. The Balaban J connectivity index is 1.69. The Morgan fingerprint density at radius 3 is 2.48 bits per heavy atom. The van der Waals surface area contributed by atoms with Gasteiger partial charge in [0.05, 0.1) is 15.7 Å². The summed E-state index contributed by atoms with van der Waals surface area (Å²) in [6, 6.07) is 13.2. The fourth-order valence-corrected chi connectivity index (χ4v) is 3.33. The minimum atomic E-state index is -0.158. The first-order valence-electron chi connectivity index (χ1n) is 7.03. The summed E-state index contributed by atoms with van der Waals surface area (Å²) in [5.41, 5.74) is 1.49. The van der Waals surface area contributed by atoms with Gasteiger partial charge in [-0.2, -0.15) is 0 Å². The number of para-hydroxylation sites is 1. The maximum atomic E-state index is 12.2. The van der Waals surface area contributed by atoms with Crippen LogP contribution in [0.15, 0.2) is 48.7 Å². The predicted octanol–water partition coefficient (Wildman–Crippen LogP) is 5.63. The number of benzene rings is 2. The molecule has 1 heterocycles. The van der Waals surface area contributed by atoms with Crippen LogP contribution in [-0.4, -0.2) is 10.5 Å². The van der Waals surface area contributed by atoms with Crippen LogP contribution in [0.3, 0.4) is 0 Å². The highest BCUT2D eigenvalue weighted by molar-refractivity contribution is 6.42. The van der Waals surface area contributed by atoms with E-state index in [-0.39, 0.29) is 5.91 Å². The van der Waals surface area contributed by atoms with E-state index in [9.17, 15) is 4.79 Å². The van der Waals surface area contributed by atoms with Gasteiger partial charge in [0, 0.05) is 29.7 Å². The van der Waals surface area contributed by atoms with E-state index in [1.165, 1.54) is 0 Å². The zero-order valence-electron chi connectivity index (χ0n) is 12.0. The molecular formula is C17H13Cl3N2O. The average molecular weight is 368 g/mol. The van der Waals surface area contributed by atoms with E-state index in [1.54, 1.807) is 12.1 Å². The number of halogens is 3. The maximum absolute atomic E-state index is 12.2. The molecule has 0 atom stereocenters. The summed E-state index contributed by atoms with van der Waals surface area (Å²) in [6.45, 7) is 0.572. The standard InChI is InChI=1S/C17H13Cl3N2O/c18-12-9-13(19)17(14(20)10-12)21-16(23)6-8-22-7-5-11-3-1-2-4-15(11)22/h1-5,7,9-10H,6,8H2,(H,21,23). The van der Waals surface area contributed by atoms with Crippen molar-refractivity contribution < 1.29 is 4.79 Å². The fraction of sp³-hybridized carbons (Fsp3) is 0.118. The summed E-state index contributed by atoms with van der Waals surface area (Å²) >= 11 is 18.0. The molecule has 23 heavy (non-hydrogen) atoms. The Kier molecular flexibility index (Phi) is 4.81. The summed E-state index contributed by atoms with van der Waals surface area (Å²) < 4.78 is 2.04. The summed E-state index contributed by atoms with van der Waals surface area (Å²) in [7, 11) is 0. The highest BCUT2D eigenvalue weighted by Crippen LogP contribution is 2.33. The molecule has 1 N–H and O–H groups in total. The van der Waals surface area contributed by atoms with E-state index in [1.807, 2.05) is 41.1 Å². The van der Waals surface area contributed by atoms with Gasteiger partial charge >= 0.3 is 0 Å². The van der Waals surface area contributed by atoms with E-state index in [4.69, 9.17) is 34.8 Å². The van der Waals surface area contributed by atoms with Crippen molar-refractivity contribution in [3.8, 4) is 0 Å². The maximum Gasteiger partial charge on any atom is 0.226 e. The smallest absolute Gasteiger partial charge is 0.226 e. The second-order valence-corrected chi connectivity index (χ2v) is 6.36. The van der Waals surface area contributed by atoms with Crippen LogP contribution in [0.4, 0.5) is 5.69 Å². The van der Waals surface area contributed by atoms with Crippen molar-refractivity contribution in [3.05, 3.63) is 63.7 Å². The van der Waals surface area contributed by atoms with Crippen molar-refractivity contribution in [2.75, 3.05) is 5.32 Å². The largest absolute Gasteiger partial charge is 0.347 e. The monoisotopic (exact) mass is 366 g/mol. The van der Waals surface area contributed by atoms with Gasteiger partial charge in [-0.15, -0.1) is 0 Å². The van der Waals surface area contributed by atoms with Crippen molar-refractivity contribution in [1.82, 2.24) is 4.57 Å². The van der Waals surface area contributed by atoms with Gasteiger partial charge in [-0.1, -0.05) is 53.0 Å². The van der Waals surface area contributed by atoms with Gasteiger partial charge < -0.3 is 9.88 Å². The molecule has 0 saturated carbocycles. The molecule has 1 aromatic heterocycles. The Morgan fingerprint density at radius 2 is 1.74 bits per heavy atom. The van der Waals surface area contributed by atoms with E-state index >= 15 is 0 Å². The van der Waals surface area contributed by atoms with Crippen LogP contribution < -0.4 is 5.32 Å². The third-order valence-electron chi connectivity index (χ3n) is 3.53. The van der Waals surface area contributed by atoms with E-state index < -0.39 is 0 Å². The molecular weight excluding hydrogens is 355 g/mol. The van der Waals surface area contributed by atoms with E-state index in [0.29, 0.717) is 33.7 Å². The zero-order chi connectivity index (χ0) is 16.4. The SMILES string of the molecule is O=C(CCn1ccc2ccccc21)Nc1c(Cl)cc(Cl)cc1Cl. The number of fused-ring (bicyclic) bond motifs is 1. The Bertz CT molecular complexity index is 850. The zero-order valence-corrected chi connectivity index (χ0v) is 14.3. The van der Waals surface area contributed by atoms with E-state index in [2.05, 4.69) is 5.32 Å². The fourth-order valence-electron chi connectivity index (χ4n) is 2.42. The summed E-state index contributed by atoms with van der Waals surface area (Å²) in [6.07, 6.45) is 2.29. The van der Waals surface area contributed by atoms with Gasteiger partial charge in [-0.3, -0.25) is 4.79 Å². The number of rotatable bonds is 4. The summed E-state index contributed by atoms with van der Waals surface area (Å²) in [5, 5.41) is 4.96. The minimum Gasteiger partial charge on any atom is -0.347 e. The normalized spacial score (nSPS) is 10.9. The molecule has 2 aromatic carbocycles. The van der Waals surface area contributed by atoms with Gasteiger partial charge in [-0.25, -0.2) is 0 Å². The molecule has 3 rings (SSSR count). The van der Waals surface area contributed by atoms with Crippen molar-refractivity contribution in [2.45, 2.75) is 13.0 Å². The number of amides is 1. The molecule has 0 aliphatic carbocycles. The number of carbonyl (C=O) groups excluding carboxylic acids is 1. The lowest BCUT2D eigenvalue weighted by molar-refractivity contribution is -0.116. The second kappa shape index (κ2) is 6.83. The first-order valence-corrected chi connectivity index (χ1v) is 8.16. The molecule has 0 aliphatic rings. The van der Waals surface area contributed by atoms with Crippen LogP contribution in [0.25, 0.3) is 10.9 Å². The summed E-state index contributed by atoms with van der Waals surface area (Å²) in [4.78, 5) is 12.2. The van der Waals surface area contributed by atoms with Crippen LogP contribution in [0.5, 0.6) is 0 Å². The molecule has 0 spiro atoms. The molecule has 1 amide bonds. The number of nitrogens with zero attached hydrogens (tertiary/aromatic N) is 1. The lowest BCUT2D eigenvalue weighted by Crippen LogP contribution is -2.14. The van der Waals surface area contributed by atoms with Crippen LogP contribution in [-0.2, 0) is 11.3 Å². The van der Waals surface area contributed by atoms with Crippen LogP contribution >= 0.6 is 34.8 Å². The highest BCUT2D eigenvalue weighted by atomic mass is 35.5. The molecule has 3 nitrogen and oxygen atoms in total. The van der Waals surface area contributed by atoms with Gasteiger partial charge in [-0.05, 0) is 29.7 Å². The van der Waals surface area contributed by atoms with Crippen molar-refractivity contribution in [1.29, 1.82) is 0 Å². The Morgan fingerprint density at radius 1 is 1.04 bits per heavy atom. The third-order valence-corrected chi connectivity index (χ3v) is 4.35. The number of carbonyl (C=O) groups is 1. The average Bonchev–Trinajstić information content (AvgIpc) is 2.92. The lowest BCUT2D eigenvalue weighted by atomic mass is 10.2. The molecule has 0 fully saturated rings. The Hall–Kier alpha value is -1.68. The van der Waals surface area contributed by atoms with Crippen molar-refractivity contribution in [2.24, 2.45) is 0 Å². The number of aryl methyl sites for hydroxylation is 1. The minimum absolute atomic E-state index is 0.158.